The van der Waals surface area contributed by atoms with E-state index in [1.807, 2.05) is 0 Å². The van der Waals surface area contributed by atoms with Crippen LogP contribution in [-0.4, -0.2) is 56.4 Å². The van der Waals surface area contributed by atoms with E-state index in [0.29, 0.717) is 11.3 Å². The van der Waals surface area contributed by atoms with Crippen molar-refractivity contribution in [3.63, 3.8) is 0 Å². The molecule has 0 spiro atoms. The third kappa shape index (κ3) is 6.29. The third-order valence-corrected chi connectivity index (χ3v) is 5.74. The number of benzene rings is 1. The van der Waals surface area contributed by atoms with E-state index in [1.54, 1.807) is 20.8 Å². The predicted octanol–water partition coefficient (Wildman–Crippen LogP) is 3.79. The number of carbonyl (C=O) groups is 4. The lowest BCUT2D eigenvalue weighted by Crippen LogP contribution is -2.21. The predicted molar refractivity (Wildman–Crippen MR) is 130 cm³/mol. The number of anilines is 2. The number of rotatable bonds is 8. The van der Waals surface area contributed by atoms with Crippen LogP contribution >= 0.6 is 23.6 Å². The van der Waals surface area contributed by atoms with E-state index in [9.17, 15) is 19.2 Å². The fourth-order valence-corrected chi connectivity index (χ4v) is 4.27. The van der Waals surface area contributed by atoms with E-state index in [0.717, 1.165) is 11.3 Å². The van der Waals surface area contributed by atoms with Gasteiger partial charge in [-0.15, -0.1) is 11.3 Å². The van der Waals surface area contributed by atoms with Crippen LogP contribution in [0.4, 0.5) is 10.7 Å². The zero-order chi connectivity index (χ0) is 25.4. The van der Waals surface area contributed by atoms with Crippen LogP contribution in [0.15, 0.2) is 18.2 Å². The lowest BCUT2D eigenvalue weighted by atomic mass is 10.1. The fraction of sp³-hybridized carbons (Fsp3) is 0.318. The van der Waals surface area contributed by atoms with Gasteiger partial charge in [-0.1, -0.05) is 0 Å². The summed E-state index contributed by atoms with van der Waals surface area (Å²) in [6, 6.07) is 4.27. The number of hydrogen-bond acceptors (Lipinski definition) is 10. The highest BCUT2D eigenvalue weighted by Crippen LogP contribution is 2.34. The molecule has 0 fully saturated rings. The first-order chi connectivity index (χ1) is 16.2. The highest BCUT2D eigenvalue weighted by atomic mass is 32.1. The van der Waals surface area contributed by atoms with Crippen molar-refractivity contribution in [1.29, 1.82) is 0 Å². The van der Waals surface area contributed by atoms with Crippen LogP contribution in [0.2, 0.25) is 0 Å². The Morgan fingerprint density at radius 3 is 1.85 bits per heavy atom. The largest absolute Gasteiger partial charge is 0.465 e. The number of nitrogens with one attached hydrogen (secondary N) is 2. The molecule has 10 nitrogen and oxygen atoms in total. The smallest absolute Gasteiger partial charge is 0.348 e. The van der Waals surface area contributed by atoms with Crippen molar-refractivity contribution < 1.29 is 38.1 Å². The summed E-state index contributed by atoms with van der Waals surface area (Å²) in [6.45, 7) is 5.22. The van der Waals surface area contributed by atoms with Gasteiger partial charge in [0.25, 0.3) is 0 Å². The standard InChI is InChI=1S/C22H24N2O8S2/c1-6-31-18(25)12-8-13(19(26)32-7-2)10-14(9-12)23-22(33)24-17-15(20(27)29-4)11(3)16(34-17)21(28)30-5/h8-10H,6-7H2,1-5H3,(H2,23,24,33). The van der Waals surface area contributed by atoms with Gasteiger partial charge < -0.3 is 29.6 Å². The molecular formula is C22H24N2O8S2. The number of carbonyl (C=O) groups excluding carboxylic acids is 4. The molecule has 2 rings (SSSR count). The molecule has 1 aromatic heterocycles. The third-order valence-electron chi connectivity index (χ3n) is 4.35. The summed E-state index contributed by atoms with van der Waals surface area (Å²) in [6.07, 6.45) is 0. The summed E-state index contributed by atoms with van der Waals surface area (Å²) >= 11 is 6.32. The fourth-order valence-electron chi connectivity index (χ4n) is 2.87. The van der Waals surface area contributed by atoms with Crippen LogP contribution < -0.4 is 10.6 Å². The molecule has 0 aliphatic carbocycles. The van der Waals surface area contributed by atoms with Crippen molar-refractivity contribution >= 4 is 63.2 Å². The average Bonchev–Trinajstić information content (AvgIpc) is 3.13. The average molecular weight is 509 g/mol. The Hall–Kier alpha value is -3.51. The summed E-state index contributed by atoms with van der Waals surface area (Å²) in [5.74, 6) is -2.52. The Balaban J connectivity index is 2.38. The van der Waals surface area contributed by atoms with Crippen molar-refractivity contribution in [3.8, 4) is 0 Å². The van der Waals surface area contributed by atoms with Gasteiger partial charge in [0.1, 0.15) is 9.88 Å². The van der Waals surface area contributed by atoms with Gasteiger partial charge in [-0.05, 0) is 56.8 Å². The van der Waals surface area contributed by atoms with Crippen LogP contribution in [0, 0.1) is 6.92 Å². The zero-order valence-corrected chi connectivity index (χ0v) is 20.9. The van der Waals surface area contributed by atoms with Gasteiger partial charge in [0.05, 0.1) is 44.1 Å². The van der Waals surface area contributed by atoms with E-state index in [-0.39, 0.29) is 44.9 Å². The van der Waals surface area contributed by atoms with Gasteiger partial charge in [-0.25, -0.2) is 19.2 Å². The highest BCUT2D eigenvalue weighted by Gasteiger charge is 2.26. The van der Waals surface area contributed by atoms with E-state index >= 15 is 0 Å². The normalized spacial score (nSPS) is 10.1. The summed E-state index contributed by atoms with van der Waals surface area (Å²) in [5, 5.41) is 6.01. The maximum absolute atomic E-state index is 12.3. The van der Waals surface area contributed by atoms with Crippen molar-refractivity contribution in [1.82, 2.24) is 0 Å². The first kappa shape index (κ1) is 26.7. The van der Waals surface area contributed by atoms with E-state index in [1.165, 1.54) is 32.4 Å². The second kappa shape index (κ2) is 12.1. The van der Waals surface area contributed by atoms with Gasteiger partial charge >= 0.3 is 23.9 Å². The highest BCUT2D eigenvalue weighted by molar-refractivity contribution is 7.80. The van der Waals surface area contributed by atoms with Crippen molar-refractivity contribution in [3.05, 3.63) is 45.3 Å². The van der Waals surface area contributed by atoms with Crippen LogP contribution in [0.25, 0.3) is 0 Å². The van der Waals surface area contributed by atoms with Crippen molar-refractivity contribution in [2.75, 3.05) is 38.1 Å². The van der Waals surface area contributed by atoms with Crippen molar-refractivity contribution in [2.24, 2.45) is 0 Å². The molecule has 34 heavy (non-hydrogen) atoms. The topological polar surface area (TPSA) is 129 Å². The van der Waals surface area contributed by atoms with Gasteiger partial charge in [-0.2, -0.15) is 0 Å². The van der Waals surface area contributed by atoms with Crippen LogP contribution in [0.5, 0.6) is 0 Å². The number of thiocarbonyl (C=S) groups is 1. The minimum atomic E-state index is -0.664. The molecule has 0 aliphatic heterocycles. The first-order valence-electron chi connectivity index (χ1n) is 10.0. The molecule has 0 amide bonds. The van der Waals surface area contributed by atoms with Gasteiger partial charge in [0.15, 0.2) is 5.11 Å². The van der Waals surface area contributed by atoms with Crippen molar-refractivity contribution in [2.45, 2.75) is 20.8 Å². The van der Waals surface area contributed by atoms with Crippen LogP contribution in [0.3, 0.4) is 0 Å². The molecule has 12 heteroatoms. The Kier molecular flexibility index (Phi) is 9.51. The molecule has 0 bridgehead atoms. The summed E-state index contributed by atoms with van der Waals surface area (Å²) in [5.41, 5.74) is 1.04. The number of methoxy groups -OCH3 is 2. The summed E-state index contributed by atoms with van der Waals surface area (Å²) < 4.78 is 19.6. The SMILES string of the molecule is CCOC(=O)c1cc(NC(=S)Nc2sc(C(=O)OC)c(C)c2C(=O)OC)cc(C(=O)OCC)c1. The molecule has 0 unspecified atom stereocenters. The van der Waals surface area contributed by atoms with Gasteiger partial charge in [0.2, 0.25) is 0 Å². The van der Waals surface area contributed by atoms with Gasteiger partial charge in [0, 0.05) is 5.69 Å². The molecule has 1 aromatic carbocycles. The second-order valence-corrected chi connectivity index (χ2v) is 7.99. The quantitative estimate of drug-likeness (QED) is 0.307. The summed E-state index contributed by atoms with van der Waals surface area (Å²) in [4.78, 5) is 49.1. The minimum absolute atomic E-state index is 0.0265. The molecule has 0 saturated carbocycles. The summed E-state index contributed by atoms with van der Waals surface area (Å²) in [7, 11) is 2.45. The monoisotopic (exact) mass is 508 g/mol. The lowest BCUT2D eigenvalue weighted by molar-refractivity contribution is 0.0521. The number of thiophene rings is 1. The number of hydrogen-bond donors (Lipinski definition) is 2. The van der Waals surface area contributed by atoms with E-state index in [4.69, 9.17) is 31.2 Å². The molecular weight excluding hydrogens is 484 g/mol. The molecule has 0 saturated heterocycles. The molecule has 0 aliphatic rings. The maximum atomic E-state index is 12.3. The maximum Gasteiger partial charge on any atom is 0.348 e. The number of esters is 4. The Morgan fingerprint density at radius 2 is 1.38 bits per heavy atom. The van der Waals surface area contributed by atoms with Crippen LogP contribution in [0.1, 0.15) is 60.2 Å². The molecule has 0 atom stereocenters. The Labute approximate surface area is 205 Å². The van der Waals surface area contributed by atoms with Crippen LogP contribution in [-0.2, 0) is 18.9 Å². The Bertz CT molecular complexity index is 1090. The van der Waals surface area contributed by atoms with Gasteiger partial charge in [-0.3, -0.25) is 0 Å². The second-order valence-electron chi connectivity index (χ2n) is 6.56. The number of ether oxygens (including phenoxy) is 4. The molecule has 2 N–H and O–H groups in total. The first-order valence-corrected chi connectivity index (χ1v) is 11.3. The lowest BCUT2D eigenvalue weighted by Gasteiger charge is -2.13. The minimum Gasteiger partial charge on any atom is -0.465 e. The van der Waals surface area contributed by atoms with E-state index < -0.39 is 23.9 Å². The zero-order valence-electron chi connectivity index (χ0n) is 19.2. The molecule has 1 heterocycles. The Morgan fingerprint density at radius 1 is 0.853 bits per heavy atom. The molecule has 2 aromatic rings. The molecule has 0 radical (unpaired) electrons. The van der Waals surface area contributed by atoms with E-state index in [2.05, 4.69) is 10.6 Å². The molecule has 182 valence electrons.